The van der Waals surface area contributed by atoms with Crippen molar-refractivity contribution < 1.29 is 4.74 Å². The van der Waals surface area contributed by atoms with Gasteiger partial charge in [0.1, 0.15) is 0 Å². The van der Waals surface area contributed by atoms with Gasteiger partial charge in [-0.3, -0.25) is 4.90 Å². The van der Waals surface area contributed by atoms with E-state index in [4.69, 9.17) is 9.73 Å². The van der Waals surface area contributed by atoms with E-state index in [1.807, 2.05) is 11.8 Å². The fraction of sp³-hybridized carbons (Fsp3) is 0.650. The highest BCUT2D eigenvalue weighted by molar-refractivity contribution is 14.0. The quantitative estimate of drug-likeness (QED) is 0.221. The highest BCUT2D eigenvalue weighted by Crippen LogP contribution is 2.10. The highest BCUT2D eigenvalue weighted by atomic mass is 127. The molecule has 1 aliphatic rings. The zero-order valence-corrected chi connectivity index (χ0v) is 19.9. The van der Waals surface area contributed by atoms with E-state index in [0.29, 0.717) is 6.54 Å². The number of guanidine groups is 1. The molecule has 0 unspecified atom stereocenters. The average Bonchev–Trinajstić information content (AvgIpc) is 2.68. The molecule has 154 valence electrons. The number of thioether (sulfide) groups is 1. The lowest BCUT2D eigenvalue weighted by Gasteiger charge is -2.26. The summed E-state index contributed by atoms with van der Waals surface area (Å²) in [5, 5.41) is 6.75. The van der Waals surface area contributed by atoms with Crippen molar-refractivity contribution >= 4 is 41.7 Å². The van der Waals surface area contributed by atoms with Crippen molar-refractivity contribution in [1.82, 2.24) is 15.5 Å². The number of hydrogen-bond donors (Lipinski definition) is 2. The monoisotopic (exact) mass is 506 g/mol. The number of rotatable bonds is 10. The molecule has 1 heterocycles. The van der Waals surface area contributed by atoms with Crippen LogP contribution in [0, 0.1) is 0 Å². The molecule has 7 heteroatoms. The van der Waals surface area contributed by atoms with E-state index >= 15 is 0 Å². The van der Waals surface area contributed by atoms with Crippen molar-refractivity contribution in [3.8, 4) is 0 Å². The van der Waals surface area contributed by atoms with Crippen LogP contribution >= 0.6 is 35.7 Å². The molecule has 0 atom stereocenters. The van der Waals surface area contributed by atoms with Crippen LogP contribution in [0.3, 0.4) is 0 Å². The van der Waals surface area contributed by atoms with Gasteiger partial charge in [-0.25, -0.2) is 4.99 Å². The third-order valence-electron chi connectivity index (χ3n) is 4.36. The Kier molecular flexibility index (Phi) is 14.0. The number of aliphatic imine (C=N–C) groups is 1. The van der Waals surface area contributed by atoms with E-state index in [2.05, 4.69) is 53.0 Å². The fourth-order valence-electron chi connectivity index (χ4n) is 2.86. The minimum Gasteiger partial charge on any atom is -0.379 e. The summed E-state index contributed by atoms with van der Waals surface area (Å²) in [6.07, 6.45) is 4.59. The van der Waals surface area contributed by atoms with E-state index < -0.39 is 0 Å². The summed E-state index contributed by atoms with van der Waals surface area (Å²) < 4.78 is 5.41. The number of nitrogens with zero attached hydrogens (tertiary/aromatic N) is 2. The second-order valence-corrected chi connectivity index (χ2v) is 7.51. The van der Waals surface area contributed by atoms with Crippen LogP contribution in [0.15, 0.2) is 29.3 Å². The Morgan fingerprint density at radius 1 is 1.11 bits per heavy atom. The van der Waals surface area contributed by atoms with Gasteiger partial charge in [-0.15, -0.1) is 24.0 Å². The molecule has 0 aromatic heterocycles. The lowest BCUT2D eigenvalue weighted by atomic mass is 10.1. The Hall–Kier alpha value is -0.510. The number of halogens is 1. The summed E-state index contributed by atoms with van der Waals surface area (Å²) in [6.45, 7) is 9.44. The smallest absolute Gasteiger partial charge is 0.191 e. The zero-order chi connectivity index (χ0) is 18.5. The molecular formula is C20H35IN4OS. The van der Waals surface area contributed by atoms with E-state index in [1.54, 1.807) is 0 Å². The summed E-state index contributed by atoms with van der Waals surface area (Å²) in [4.78, 5) is 7.15. The Morgan fingerprint density at radius 3 is 2.48 bits per heavy atom. The predicted molar refractivity (Wildman–Crippen MR) is 128 cm³/mol. The second kappa shape index (κ2) is 15.4. The number of morpholine rings is 1. The Balaban J connectivity index is 0.00000364. The molecule has 5 nitrogen and oxygen atoms in total. The van der Waals surface area contributed by atoms with Crippen LogP contribution in [0.4, 0.5) is 0 Å². The van der Waals surface area contributed by atoms with E-state index in [-0.39, 0.29) is 24.0 Å². The molecule has 1 aromatic rings. The minimum atomic E-state index is 0. The van der Waals surface area contributed by atoms with Crippen molar-refractivity contribution in [3.63, 3.8) is 0 Å². The highest BCUT2D eigenvalue weighted by Gasteiger charge is 2.10. The fourth-order valence-corrected chi connectivity index (χ4v) is 3.35. The third kappa shape index (κ3) is 10.6. The standard InChI is InChI=1S/C20H34N4OS.HI/c1-3-21-20(22-10-4-5-15-26-2)23-16-18-6-8-19(9-7-18)17-24-11-13-25-14-12-24;/h6-9H,3-5,10-17H2,1-2H3,(H2,21,22,23);1H. The average molecular weight is 506 g/mol. The van der Waals surface area contributed by atoms with Crippen LogP contribution in [0.5, 0.6) is 0 Å². The first-order valence-corrected chi connectivity index (χ1v) is 11.1. The molecule has 1 saturated heterocycles. The van der Waals surface area contributed by atoms with Gasteiger partial charge in [0.2, 0.25) is 0 Å². The Morgan fingerprint density at radius 2 is 1.81 bits per heavy atom. The molecule has 0 bridgehead atoms. The molecule has 0 aliphatic carbocycles. The number of nitrogens with one attached hydrogen (secondary N) is 2. The molecule has 0 saturated carbocycles. The van der Waals surface area contributed by atoms with Gasteiger partial charge in [0, 0.05) is 32.7 Å². The van der Waals surface area contributed by atoms with Gasteiger partial charge >= 0.3 is 0 Å². The van der Waals surface area contributed by atoms with Gasteiger partial charge in [-0.1, -0.05) is 24.3 Å². The van der Waals surface area contributed by atoms with Crippen LogP contribution in [0.25, 0.3) is 0 Å². The van der Waals surface area contributed by atoms with Crippen LogP contribution in [0.1, 0.15) is 30.9 Å². The van der Waals surface area contributed by atoms with Gasteiger partial charge in [-0.05, 0) is 42.9 Å². The predicted octanol–water partition coefficient (Wildman–Crippen LogP) is 3.34. The maximum absolute atomic E-state index is 5.41. The first kappa shape index (κ1) is 24.5. The van der Waals surface area contributed by atoms with E-state index in [0.717, 1.165) is 51.9 Å². The third-order valence-corrected chi connectivity index (χ3v) is 5.06. The van der Waals surface area contributed by atoms with Crippen molar-refractivity contribution in [2.24, 2.45) is 4.99 Å². The molecule has 2 N–H and O–H groups in total. The summed E-state index contributed by atoms with van der Waals surface area (Å²) in [5.41, 5.74) is 2.61. The normalized spacial score (nSPS) is 15.3. The molecule has 0 amide bonds. The van der Waals surface area contributed by atoms with Crippen molar-refractivity contribution in [2.75, 3.05) is 51.4 Å². The first-order valence-electron chi connectivity index (χ1n) is 9.71. The van der Waals surface area contributed by atoms with Gasteiger partial charge < -0.3 is 15.4 Å². The maximum atomic E-state index is 5.41. The first-order chi connectivity index (χ1) is 12.8. The van der Waals surface area contributed by atoms with Gasteiger partial charge in [0.05, 0.1) is 19.8 Å². The summed E-state index contributed by atoms with van der Waals surface area (Å²) in [5.74, 6) is 2.14. The molecule has 27 heavy (non-hydrogen) atoms. The lowest BCUT2D eigenvalue weighted by Crippen LogP contribution is -2.37. The Labute approximate surface area is 186 Å². The van der Waals surface area contributed by atoms with Crippen molar-refractivity contribution in [3.05, 3.63) is 35.4 Å². The molecule has 1 aliphatic heterocycles. The molecule has 0 spiro atoms. The van der Waals surface area contributed by atoms with Crippen LogP contribution in [0.2, 0.25) is 0 Å². The topological polar surface area (TPSA) is 48.9 Å². The van der Waals surface area contributed by atoms with Crippen molar-refractivity contribution in [1.29, 1.82) is 0 Å². The van der Waals surface area contributed by atoms with E-state index in [9.17, 15) is 0 Å². The molecule has 0 radical (unpaired) electrons. The summed E-state index contributed by atoms with van der Waals surface area (Å²) in [7, 11) is 0. The van der Waals surface area contributed by atoms with Gasteiger partial charge in [0.25, 0.3) is 0 Å². The summed E-state index contributed by atoms with van der Waals surface area (Å²) >= 11 is 1.91. The minimum absolute atomic E-state index is 0. The molecular weight excluding hydrogens is 471 g/mol. The zero-order valence-electron chi connectivity index (χ0n) is 16.7. The maximum Gasteiger partial charge on any atom is 0.191 e. The number of hydrogen-bond acceptors (Lipinski definition) is 4. The second-order valence-electron chi connectivity index (χ2n) is 6.53. The van der Waals surface area contributed by atoms with Crippen LogP contribution in [-0.2, 0) is 17.8 Å². The number of unbranched alkanes of at least 4 members (excludes halogenated alkanes) is 1. The molecule has 1 aromatic carbocycles. The van der Waals surface area contributed by atoms with Crippen LogP contribution < -0.4 is 10.6 Å². The van der Waals surface area contributed by atoms with Crippen molar-refractivity contribution in [2.45, 2.75) is 32.9 Å². The number of benzene rings is 1. The largest absolute Gasteiger partial charge is 0.379 e. The van der Waals surface area contributed by atoms with Gasteiger partial charge in [-0.2, -0.15) is 11.8 Å². The van der Waals surface area contributed by atoms with E-state index in [1.165, 1.54) is 29.7 Å². The lowest BCUT2D eigenvalue weighted by molar-refractivity contribution is 0.0342. The Bertz CT molecular complexity index is 521. The van der Waals surface area contributed by atoms with Crippen LogP contribution in [-0.4, -0.2) is 62.3 Å². The number of ether oxygens (including phenoxy) is 1. The van der Waals surface area contributed by atoms with Gasteiger partial charge in [0.15, 0.2) is 5.96 Å². The SMILES string of the molecule is CCNC(=NCc1ccc(CN2CCOCC2)cc1)NCCCCSC.I. The molecule has 1 fully saturated rings. The summed E-state index contributed by atoms with van der Waals surface area (Å²) in [6, 6.07) is 8.84. The molecule has 2 rings (SSSR count).